The number of benzene rings is 2. The van der Waals surface area contributed by atoms with Crippen molar-refractivity contribution in [2.24, 2.45) is 0 Å². The first-order valence-corrected chi connectivity index (χ1v) is 9.46. The van der Waals surface area contributed by atoms with Gasteiger partial charge in [-0.25, -0.2) is 0 Å². The molecule has 2 amide bonds. The lowest BCUT2D eigenvalue weighted by Crippen LogP contribution is -2.44. The Bertz CT molecular complexity index is 791. The lowest BCUT2D eigenvalue weighted by Gasteiger charge is -2.31. The van der Waals surface area contributed by atoms with Crippen molar-refractivity contribution < 1.29 is 14.7 Å². The molecule has 1 aliphatic rings. The van der Waals surface area contributed by atoms with Crippen LogP contribution in [0.15, 0.2) is 54.6 Å². The van der Waals surface area contributed by atoms with Crippen LogP contribution >= 0.6 is 0 Å². The van der Waals surface area contributed by atoms with Gasteiger partial charge in [-0.2, -0.15) is 0 Å². The largest absolute Gasteiger partial charge is 0.508 e. The lowest BCUT2D eigenvalue weighted by atomic mass is 10.1. The minimum Gasteiger partial charge on any atom is -0.508 e. The number of carbonyl (C=O) groups excluding carboxylic acids is 2. The van der Waals surface area contributed by atoms with Crippen LogP contribution in [0.4, 0.5) is 0 Å². The van der Waals surface area contributed by atoms with E-state index >= 15 is 0 Å². The number of carbonyl (C=O) groups is 2. The molecule has 27 heavy (non-hydrogen) atoms. The third kappa shape index (κ3) is 4.88. The van der Waals surface area contributed by atoms with Crippen LogP contribution in [0.5, 0.6) is 5.75 Å². The Labute approximate surface area is 160 Å². The van der Waals surface area contributed by atoms with Crippen molar-refractivity contribution in [3.8, 4) is 5.75 Å². The molecule has 3 rings (SSSR count). The van der Waals surface area contributed by atoms with Gasteiger partial charge in [-0.05, 0) is 29.7 Å². The monoisotopic (exact) mass is 366 g/mol. The van der Waals surface area contributed by atoms with Gasteiger partial charge in [-0.3, -0.25) is 9.59 Å². The van der Waals surface area contributed by atoms with Crippen LogP contribution in [0.2, 0.25) is 0 Å². The van der Waals surface area contributed by atoms with E-state index in [9.17, 15) is 14.7 Å². The predicted octanol–water partition coefficient (Wildman–Crippen LogP) is 2.97. The zero-order valence-electron chi connectivity index (χ0n) is 15.7. The maximum Gasteiger partial charge on any atom is 0.227 e. The standard InChI is InChI=1S/C22H26N2O3/c1-2-19-16-23(22(27)14-18-9-6-10-20(25)13-18)12-11-21(26)24(19)15-17-7-4-3-5-8-17/h3-10,13,19,25H,2,11-12,14-16H2,1H3/t19-/m1/s1. The zero-order valence-corrected chi connectivity index (χ0v) is 15.7. The van der Waals surface area contributed by atoms with E-state index in [0.717, 1.165) is 17.5 Å². The SMILES string of the molecule is CC[C@@H]1CN(C(=O)Cc2cccc(O)c2)CCC(=O)N1Cc1ccccc1. The third-order valence-corrected chi connectivity index (χ3v) is 5.07. The summed E-state index contributed by atoms with van der Waals surface area (Å²) in [6, 6.07) is 16.7. The molecule has 0 spiro atoms. The van der Waals surface area contributed by atoms with Crippen molar-refractivity contribution in [2.75, 3.05) is 13.1 Å². The van der Waals surface area contributed by atoms with Gasteiger partial charge in [0.15, 0.2) is 0 Å². The number of phenolic OH excluding ortho intramolecular Hbond substituents is 1. The summed E-state index contributed by atoms with van der Waals surface area (Å²) in [5.74, 6) is 0.249. The summed E-state index contributed by atoms with van der Waals surface area (Å²) in [5, 5.41) is 9.59. The van der Waals surface area contributed by atoms with E-state index < -0.39 is 0 Å². The average molecular weight is 366 g/mol. The second kappa shape index (κ2) is 8.71. The van der Waals surface area contributed by atoms with Gasteiger partial charge >= 0.3 is 0 Å². The molecule has 0 aromatic heterocycles. The van der Waals surface area contributed by atoms with Gasteiger partial charge in [0.05, 0.1) is 6.42 Å². The highest BCUT2D eigenvalue weighted by atomic mass is 16.3. The number of hydrogen-bond acceptors (Lipinski definition) is 3. The lowest BCUT2D eigenvalue weighted by molar-refractivity contribution is -0.133. The maximum atomic E-state index is 12.8. The second-order valence-electron chi connectivity index (χ2n) is 7.01. The number of rotatable bonds is 5. The Morgan fingerprint density at radius 1 is 1.11 bits per heavy atom. The van der Waals surface area contributed by atoms with Crippen molar-refractivity contribution in [1.29, 1.82) is 0 Å². The maximum absolute atomic E-state index is 12.8. The smallest absolute Gasteiger partial charge is 0.227 e. The first-order valence-electron chi connectivity index (χ1n) is 9.46. The average Bonchev–Trinajstić information content (AvgIpc) is 2.82. The van der Waals surface area contributed by atoms with E-state index in [1.807, 2.05) is 41.3 Å². The van der Waals surface area contributed by atoms with Crippen molar-refractivity contribution in [2.45, 2.75) is 38.8 Å². The van der Waals surface area contributed by atoms with Crippen molar-refractivity contribution >= 4 is 11.8 Å². The molecule has 5 nitrogen and oxygen atoms in total. The van der Waals surface area contributed by atoms with Gasteiger partial charge in [0.2, 0.25) is 11.8 Å². The summed E-state index contributed by atoms with van der Waals surface area (Å²) >= 11 is 0. The summed E-state index contributed by atoms with van der Waals surface area (Å²) in [6.45, 7) is 3.62. The number of hydrogen-bond donors (Lipinski definition) is 1. The summed E-state index contributed by atoms with van der Waals surface area (Å²) < 4.78 is 0. The predicted molar refractivity (Wildman–Crippen MR) is 104 cm³/mol. The van der Waals surface area contributed by atoms with Gasteiger partial charge < -0.3 is 14.9 Å². The van der Waals surface area contributed by atoms with Crippen LogP contribution in [0.25, 0.3) is 0 Å². The summed E-state index contributed by atoms with van der Waals surface area (Å²) in [6.07, 6.45) is 1.38. The Hall–Kier alpha value is -2.82. The molecule has 0 saturated carbocycles. The third-order valence-electron chi connectivity index (χ3n) is 5.07. The van der Waals surface area contributed by atoms with Crippen LogP contribution in [0.3, 0.4) is 0 Å². The Kier molecular flexibility index (Phi) is 6.12. The van der Waals surface area contributed by atoms with E-state index in [1.165, 1.54) is 0 Å². The van der Waals surface area contributed by atoms with E-state index in [4.69, 9.17) is 0 Å². The number of phenols is 1. The fourth-order valence-electron chi connectivity index (χ4n) is 3.55. The van der Waals surface area contributed by atoms with Crippen LogP contribution in [0, 0.1) is 0 Å². The van der Waals surface area contributed by atoms with Gasteiger partial charge in [0.25, 0.3) is 0 Å². The second-order valence-corrected chi connectivity index (χ2v) is 7.01. The molecule has 2 aromatic carbocycles. The number of amides is 2. The molecule has 0 radical (unpaired) electrons. The molecular weight excluding hydrogens is 340 g/mol. The topological polar surface area (TPSA) is 60.9 Å². The van der Waals surface area contributed by atoms with E-state index in [0.29, 0.717) is 26.1 Å². The Morgan fingerprint density at radius 2 is 1.85 bits per heavy atom. The molecule has 1 N–H and O–H groups in total. The molecule has 1 aliphatic heterocycles. The number of aromatic hydroxyl groups is 1. The van der Waals surface area contributed by atoms with Crippen molar-refractivity contribution in [1.82, 2.24) is 9.80 Å². The molecule has 2 aromatic rings. The van der Waals surface area contributed by atoms with E-state index in [2.05, 4.69) is 6.92 Å². The minimum atomic E-state index is -0.00610. The van der Waals surface area contributed by atoms with Gasteiger partial charge in [0.1, 0.15) is 5.75 Å². The molecule has 1 heterocycles. The van der Waals surface area contributed by atoms with Crippen LogP contribution < -0.4 is 0 Å². The van der Waals surface area contributed by atoms with Crippen molar-refractivity contribution in [3.63, 3.8) is 0 Å². The molecule has 5 heteroatoms. The molecular formula is C22H26N2O3. The quantitative estimate of drug-likeness (QED) is 0.885. The van der Waals surface area contributed by atoms with Crippen molar-refractivity contribution in [3.05, 3.63) is 65.7 Å². The zero-order chi connectivity index (χ0) is 19.2. The molecule has 0 unspecified atom stereocenters. The summed E-state index contributed by atoms with van der Waals surface area (Å²) in [7, 11) is 0. The highest BCUT2D eigenvalue weighted by Crippen LogP contribution is 2.19. The van der Waals surface area contributed by atoms with Gasteiger partial charge in [-0.15, -0.1) is 0 Å². The van der Waals surface area contributed by atoms with Crippen LogP contribution in [0.1, 0.15) is 30.9 Å². The summed E-state index contributed by atoms with van der Waals surface area (Å²) in [4.78, 5) is 29.2. The molecule has 1 atom stereocenters. The highest BCUT2D eigenvalue weighted by molar-refractivity contribution is 5.82. The Balaban J connectivity index is 1.71. The molecule has 142 valence electrons. The van der Waals surface area contributed by atoms with Crippen LogP contribution in [-0.4, -0.2) is 45.9 Å². The normalized spacial score (nSPS) is 17.7. The van der Waals surface area contributed by atoms with E-state index in [1.54, 1.807) is 23.1 Å². The molecule has 0 bridgehead atoms. The highest BCUT2D eigenvalue weighted by Gasteiger charge is 2.30. The molecule has 1 saturated heterocycles. The van der Waals surface area contributed by atoms with E-state index in [-0.39, 0.29) is 30.0 Å². The molecule has 0 aliphatic carbocycles. The fourth-order valence-corrected chi connectivity index (χ4v) is 3.55. The Morgan fingerprint density at radius 3 is 2.56 bits per heavy atom. The van der Waals surface area contributed by atoms with Crippen LogP contribution in [-0.2, 0) is 22.6 Å². The summed E-state index contributed by atoms with van der Waals surface area (Å²) in [5.41, 5.74) is 1.88. The minimum absolute atomic E-state index is 0.00610. The first-order chi connectivity index (χ1) is 13.1. The number of nitrogens with zero attached hydrogens (tertiary/aromatic N) is 2. The van der Waals surface area contributed by atoms with Gasteiger partial charge in [0, 0.05) is 32.1 Å². The fraction of sp³-hybridized carbons (Fsp3) is 0.364. The first kappa shape index (κ1) is 19.0. The van der Waals surface area contributed by atoms with Gasteiger partial charge in [-0.1, -0.05) is 49.4 Å². The molecule has 1 fully saturated rings.